The molecule has 0 fully saturated rings. The lowest BCUT2D eigenvalue weighted by atomic mass is 9.78. The fourth-order valence-corrected chi connectivity index (χ4v) is 4.93. The topological polar surface area (TPSA) is 41.0 Å². The number of unbranched alkanes of at least 4 members (excludes halogenated alkanes) is 1. The highest BCUT2D eigenvalue weighted by Gasteiger charge is 2.27. The molecule has 1 heterocycles. The molecule has 184 valence electrons. The second-order valence-corrected chi connectivity index (χ2v) is 9.69. The van der Waals surface area contributed by atoms with Gasteiger partial charge in [0.25, 0.3) is 0 Å². The summed E-state index contributed by atoms with van der Waals surface area (Å²) in [6.45, 7) is 4.45. The van der Waals surface area contributed by atoms with Crippen molar-refractivity contribution in [1.82, 2.24) is 14.9 Å². The van der Waals surface area contributed by atoms with E-state index in [0.29, 0.717) is 5.95 Å². The van der Waals surface area contributed by atoms with E-state index >= 15 is 0 Å². The zero-order chi connectivity index (χ0) is 24.9. The molecule has 0 spiro atoms. The highest BCUT2D eigenvalue weighted by Crippen LogP contribution is 2.41. The number of likely N-dealkylation sites (N-methyl/N-ethyl adjacent to an activating group) is 1. The van der Waals surface area contributed by atoms with Gasteiger partial charge in [-0.05, 0) is 79.4 Å². The molecule has 0 saturated carbocycles. The first-order chi connectivity index (χ1) is 17.6. The SMILES string of the molecule is CCCCN(C)CCc1ccc(Nc2ncc3c(n2)-c2ccccc2C(c2ccc(F)cc2)C3)cc1. The van der Waals surface area contributed by atoms with E-state index < -0.39 is 0 Å². The van der Waals surface area contributed by atoms with Gasteiger partial charge in [-0.3, -0.25) is 0 Å². The highest BCUT2D eigenvalue weighted by atomic mass is 19.1. The second-order valence-electron chi connectivity index (χ2n) is 9.69. The van der Waals surface area contributed by atoms with Crippen molar-refractivity contribution in [3.63, 3.8) is 0 Å². The van der Waals surface area contributed by atoms with Gasteiger partial charge in [0, 0.05) is 29.9 Å². The van der Waals surface area contributed by atoms with Crippen LogP contribution in [-0.2, 0) is 12.8 Å². The molecule has 0 bridgehead atoms. The van der Waals surface area contributed by atoms with Crippen molar-refractivity contribution in [1.29, 1.82) is 0 Å². The Bertz CT molecular complexity index is 1300. The van der Waals surface area contributed by atoms with Crippen LogP contribution >= 0.6 is 0 Å². The molecular formula is C31H33FN4. The fourth-order valence-electron chi connectivity index (χ4n) is 4.93. The number of aromatic nitrogens is 2. The normalized spacial score (nSPS) is 14.4. The molecule has 0 saturated heterocycles. The Hall–Kier alpha value is -3.57. The van der Waals surface area contributed by atoms with Crippen LogP contribution < -0.4 is 5.32 Å². The molecule has 5 heteroatoms. The average Bonchev–Trinajstić information content (AvgIpc) is 2.91. The van der Waals surface area contributed by atoms with Crippen LogP contribution in [0.4, 0.5) is 16.0 Å². The van der Waals surface area contributed by atoms with E-state index in [0.717, 1.165) is 54.0 Å². The highest BCUT2D eigenvalue weighted by molar-refractivity contribution is 5.73. The molecule has 4 aromatic rings. The van der Waals surface area contributed by atoms with Gasteiger partial charge in [-0.15, -0.1) is 0 Å². The molecule has 1 N–H and O–H groups in total. The predicted octanol–water partition coefficient (Wildman–Crippen LogP) is 6.99. The minimum Gasteiger partial charge on any atom is -0.324 e. The summed E-state index contributed by atoms with van der Waals surface area (Å²) in [7, 11) is 2.19. The Morgan fingerprint density at radius 2 is 1.75 bits per heavy atom. The maximum atomic E-state index is 13.5. The van der Waals surface area contributed by atoms with E-state index in [9.17, 15) is 4.39 Å². The Balaban J connectivity index is 1.31. The number of nitrogens with one attached hydrogen (secondary N) is 1. The van der Waals surface area contributed by atoms with E-state index in [1.165, 1.54) is 36.1 Å². The van der Waals surface area contributed by atoms with Crippen LogP contribution in [0.3, 0.4) is 0 Å². The van der Waals surface area contributed by atoms with Crippen LogP contribution in [0, 0.1) is 5.82 Å². The van der Waals surface area contributed by atoms with Gasteiger partial charge in [-0.25, -0.2) is 14.4 Å². The van der Waals surface area contributed by atoms with Gasteiger partial charge in [-0.1, -0.05) is 61.9 Å². The third kappa shape index (κ3) is 5.47. The van der Waals surface area contributed by atoms with Crippen molar-refractivity contribution in [2.45, 2.75) is 38.5 Å². The monoisotopic (exact) mass is 480 g/mol. The maximum absolute atomic E-state index is 13.5. The molecule has 0 aliphatic heterocycles. The van der Waals surface area contributed by atoms with E-state index in [-0.39, 0.29) is 11.7 Å². The van der Waals surface area contributed by atoms with Crippen LogP contribution in [0.15, 0.2) is 79.0 Å². The zero-order valence-electron chi connectivity index (χ0n) is 21.0. The molecule has 1 aromatic heterocycles. The molecule has 5 rings (SSSR count). The summed E-state index contributed by atoms with van der Waals surface area (Å²) in [4.78, 5) is 11.9. The predicted molar refractivity (Wildman–Crippen MR) is 145 cm³/mol. The van der Waals surface area contributed by atoms with E-state index in [1.54, 1.807) is 0 Å². The van der Waals surface area contributed by atoms with Gasteiger partial charge < -0.3 is 10.2 Å². The number of benzene rings is 3. The minimum atomic E-state index is -0.213. The Labute approximate surface area is 213 Å². The number of rotatable bonds is 9. The zero-order valence-corrected chi connectivity index (χ0v) is 21.0. The lowest BCUT2D eigenvalue weighted by molar-refractivity contribution is 0.332. The van der Waals surface area contributed by atoms with E-state index in [1.807, 2.05) is 24.4 Å². The Morgan fingerprint density at radius 3 is 2.53 bits per heavy atom. The molecule has 0 amide bonds. The summed E-state index contributed by atoms with van der Waals surface area (Å²) in [5.74, 6) is 0.538. The van der Waals surface area contributed by atoms with Crippen molar-refractivity contribution in [2.75, 3.05) is 25.5 Å². The fraction of sp³-hybridized carbons (Fsp3) is 0.290. The summed E-state index contributed by atoms with van der Waals surface area (Å²) in [5.41, 5.74) is 7.82. The molecule has 4 nitrogen and oxygen atoms in total. The van der Waals surface area contributed by atoms with Gasteiger partial charge in [0.2, 0.25) is 5.95 Å². The molecule has 1 unspecified atom stereocenters. The van der Waals surface area contributed by atoms with E-state index in [2.05, 4.69) is 71.6 Å². The van der Waals surface area contributed by atoms with Gasteiger partial charge in [0.05, 0.1) is 5.69 Å². The standard InChI is InChI=1S/C31H33FN4/c1-3-4-18-36(2)19-17-22-9-15-26(16-10-22)34-31-33-21-24-20-29(23-11-13-25(32)14-12-23)27-7-5-6-8-28(27)30(24)35-31/h5-16,21,29H,3-4,17-20H2,1-2H3,(H,33,34,35). The first-order valence-corrected chi connectivity index (χ1v) is 12.9. The Morgan fingerprint density at radius 1 is 0.972 bits per heavy atom. The van der Waals surface area contributed by atoms with Crippen LogP contribution in [0.5, 0.6) is 0 Å². The number of halogens is 1. The summed E-state index contributed by atoms with van der Waals surface area (Å²) in [5, 5.41) is 3.38. The lowest BCUT2D eigenvalue weighted by Crippen LogP contribution is -2.22. The molecule has 0 radical (unpaired) electrons. The maximum Gasteiger partial charge on any atom is 0.227 e. The number of hydrogen-bond acceptors (Lipinski definition) is 4. The van der Waals surface area contributed by atoms with Crippen molar-refractivity contribution in [3.05, 3.63) is 107 Å². The van der Waals surface area contributed by atoms with Gasteiger partial charge >= 0.3 is 0 Å². The molecule has 36 heavy (non-hydrogen) atoms. The first kappa shape index (κ1) is 24.1. The third-order valence-corrected chi connectivity index (χ3v) is 7.04. The van der Waals surface area contributed by atoms with Gasteiger partial charge in [-0.2, -0.15) is 0 Å². The number of hydrogen-bond donors (Lipinski definition) is 1. The minimum absolute atomic E-state index is 0.158. The number of fused-ring (bicyclic) bond motifs is 3. The summed E-state index contributed by atoms with van der Waals surface area (Å²) in [6.07, 6.45) is 6.24. The molecule has 1 aliphatic rings. The van der Waals surface area contributed by atoms with Crippen molar-refractivity contribution in [3.8, 4) is 11.3 Å². The van der Waals surface area contributed by atoms with Crippen molar-refractivity contribution < 1.29 is 4.39 Å². The quantitative estimate of drug-likeness (QED) is 0.280. The summed E-state index contributed by atoms with van der Waals surface area (Å²) in [6, 6.07) is 23.8. The third-order valence-electron chi connectivity index (χ3n) is 7.04. The number of nitrogens with zero attached hydrogens (tertiary/aromatic N) is 3. The van der Waals surface area contributed by atoms with Crippen LogP contribution in [0.1, 0.15) is 47.9 Å². The lowest BCUT2D eigenvalue weighted by Gasteiger charge is -2.27. The molecular weight excluding hydrogens is 447 g/mol. The molecule has 1 atom stereocenters. The van der Waals surface area contributed by atoms with Crippen molar-refractivity contribution >= 4 is 11.6 Å². The van der Waals surface area contributed by atoms with Crippen LogP contribution in [0.25, 0.3) is 11.3 Å². The summed E-state index contributed by atoms with van der Waals surface area (Å²) >= 11 is 0. The number of anilines is 2. The van der Waals surface area contributed by atoms with Crippen LogP contribution in [-0.4, -0.2) is 35.0 Å². The van der Waals surface area contributed by atoms with E-state index in [4.69, 9.17) is 4.98 Å². The summed E-state index contributed by atoms with van der Waals surface area (Å²) < 4.78 is 13.5. The Kier molecular flexibility index (Phi) is 7.38. The van der Waals surface area contributed by atoms with Gasteiger partial charge in [0.15, 0.2) is 0 Å². The first-order valence-electron chi connectivity index (χ1n) is 12.9. The van der Waals surface area contributed by atoms with Crippen LogP contribution in [0.2, 0.25) is 0 Å². The smallest absolute Gasteiger partial charge is 0.227 e. The molecule has 3 aromatic carbocycles. The van der Waals surface area contributed by atoms with Gasteiger partial charge in [0.1, 0.15) is 5.82 Å². The second kappa shape index (κ2) is 11.0. The molecule has 1 aliphatic carbocycles. The average molecular weight is 481 g/mol. The largest absolute Gasteiger partial charge is 0.324 e. The van der Waals surface area contributed by atoms with Crippen molar-refractivity contribution in [2.24, 2.45) is 0 Å².